The Bertz CT molecular complexity index is 1140. The van der Waals surface area contributed by atoms with Crippen molar-refractivity contribution in [1.29, 1.82) is 0 Å². The Hall–Kier alpha value is -3.38. The lowest BCUT2D eigenvalue weighted by Crippen LogP contribution is -2.31. The van der Waals surface area contributed by atoms with Crippen molar-refractivity contribution in [2.24, 2.45) is 5.92 Å². The second-order valence-electron chi connectivity index (χ2n) is 8.27. The van der Waals surface area contributed by atoms with Gasteiger partial charge in [0, 0.05) is 18.1 Å². The third kappa shape index (κ3) is 5.52. The maximum Gasteiger partial charge on any atom is 0.268 e. The molecule has 3 aromatic rings. The van der Waals surface area contributed by atoms with Gasteiger partial charge in [-0.05, 0) is 40.8 Å². The minimum Gasteiger partial charge on any atom is -0.493 e. The van der Waals surface area contributed by atoms with Crippen LogP contribution in [0.5, 0.6) is 5.75 Å². The number of hydrogen-bond donors (Lipinski definition) is 0. The average Bonchev–Trinajstić information content (AvgIpc) is 3.07. The van der Waals surface area contributed by atoms with Gasteiger partial charge in [-0.1, -0.05) is 62.4 Å². The summed E-state index contributed by atoms with van der Waals surface area (Å²) >= 11 is 1.41. The van der Waals surface area contributed by atoms with Gasteiger partial charge >= 0.3 is 0 Å². The highest BCUT2D eigenvalue weighted by Gasteiger charge is 2.39. The van der Waals surface area contributed by atoms with Crippen molar-refractivity contribution in [2.45, 2.75) is 26.1 Å². The van der Waals surface area contributed by atoms with Crippen molar-refractivity contribution in [3.8, 4) is 5.75 Å². The smallest absolute Gasteiger partial charge is 0.268 e. The Morgan fingerprint density at radius 1 is 0.909 bits per heavy atom. The topological polar surface area (TPSA) is 59.5 Å². The van der Waals surface area contributed by atoms with Crippen molar-refractivity contribution in [2.75, 3.05) is 6.61 Å². The highest BCUT2D eigenvalue weighted by molar-refractivity contribution is 8.03. The highest BCUT2D eigenvalue weighted by Crippen LogP contribution is 2.38. The average molecular weight is 459 g/mol. The first-order valence-electron chi connectivity index (χ1n) is 10.9. The first-order chi connectivity index (χ1) is 16.0. The Kier molecular flexibility index (Phi) is 7.25. The molecule has 0 radical (unpaired) electrons. The third-order valence-electron chi connectivity index (χ3n) is 5.14. The Labute approximate surface area is 198 Å². The van der Waals surface area contributed by atoms with Crippen molar-refractivity contribution < 1.29 is 14.3 Å². The Balaban J connectivity index is 1.62. The summed E-state index contributed by atoms with van der Waals surface area (Å²) in [6.07, 6.45) is 3.35. The molecule has 4 rings (SSSR count). The highest BCUT2D eigenvalue weighted by atomic mass is 32.2. The number of nitrogens with zero attached hydrogens (tertiary/aromatic N) is 2. The Morgan fingerprint density at radius 2 is 1.64 bits per heavy atom. The molecule has 2 heterocycles. The molecular weight excluding hydrogens is 432 g/mol. The Morgan fingerprint density at radius 3 is 2.30 bits per heavy atom. The number of ether oxygens (including phenoxy) is 1. The zero-order valence-electron chi connectivity index (χ0n) is 18.7. The van der Waals surface area contributed by atoms with Gasteiger partial charge in [0.15, 0.2) is 0 Å². The predicted molar refractivity (Wildman–Crippen MR) is 131 cm³/mol. The molecule has 1 aromatic heterocycles. The number of hydrogen-bond acceptors (Lipinski definition) is 5. The molecule has 168 valence electrons. The van der Waals surface area contributed by atoms with Crippen LogP contribution in [0, 0.1) is 5.92 Å². The molecule has 33 heavy (non-hydrogen) atoms. The lowest BCUT2D eigenvalue weighted by atomic mass is 10.1. The van der Waals surface area contributed by atoms with E-state index in [0.717, 1.165) is 22.4 Å². The van der Waals surface area contributed by atoms with Crippen LogP contribution in [0.25, 0.3) is 5.57 Å². The summed E-state index contributed by atoms with van der Waals surface area (Å²) < 4.78 is 5.77. The molecule has 0 aliphatic carbocycles. The molecular formula is C27H26N2O3S. The maximum absolute atomic E-state index is 13.4. The van der Waals surface area contributed by atoms with Crippen LogP contribution in [0.15, 0.2) is 84.0 Å². The van der Waals surface area contributed by atoms with Crippen LogP contribution in [0.4, 0.5) is 0 Å². The molecule has 1 aliphatic heterocycles. The molecule has 2 aromatic carbocycles. The summed E-state index contributed by atoms with van der Waals surface area (Å²) in [7, 11) is 0. The fraction of sp³-hybridized carbons (Fsp3) is 0.222. The summed E-state index contributed by atoms with van der Waals surface area (Å²) in [5, 5.41) is 0. The van der Waals surface area contributed by atoms with E-state index in [1.165, 1.54) is 16.7 Å². The molecule has 0 spiro atoms. The van der Waals surface area contributed by atoms with E-state index in [-0.39, 0.29) is 18.4 Å². The maximum atomic E-state index is 13.4. The van der Waals surface area contributed by atoms with E-state index < -0.39 is 0 Å². The zero-order valence-corrected chi connectivity index (χ0v) is 19.5. The van der Waals surface area contributed by atoms with Gasteiger partial charge in [0.25, 0.3) is 11.8 Å². The van der Waals surface area contributed by atoms with Gasteiger partial charge in [-0.15, -0.1) is 11.8 Å². The van der Waals surface area contributed by atoms with Gasteiger partial charge in [-0.25, -0.2) is 0 Å². The number of rotatable bonds is 9. The SMILES string of the molecule is CC(C)COc1ccc(C2=C(SCc3ccccc3)C(=O)N(Cc3cccnc3)C2=O)cc1. The first-order valence-corrected chi connectivity index (χ1v) is 11.9. The van der Waals surface area contributed by atoms with Crippen LogP contribution < -0.4 is 4.74 Å². The van der Waals surface area contributed by atoms with Gasteiger partial charge in [0.05, 0.1) is 23.6 Å². The monoisotopic (exact) mass is 458 g/mol. The number of carbonyl (C=O) groups is 2. The second kappa shape index (κ2) is 10.5. The van der Waals surface area contributed by atoms with Crippen molar-refractivity contribution in [3.63, 3.8) is 0 Å². The van der Waals surface area contributed by atoms with Crippen LogP contribution in [-0.2, 0) is 21.9 Å². The summed E-state index contributed by atoms with van der Waals surface area (Å²) in [5.41, 5.74) is 3.07. The van der Waals surface area contributed by atoms with Gasteiger partial charge < -0.3 is 4.74 Å². The summed E-state index contributed by atoms with van der Waals surface area (Å²) in [6.45, 7) is 5.00. The second-order valence-corrected chi connectivity index (χ2v) is 9.25. The van der Waals surface area contributed by atoms with E-state index >= 15 is 0 Å². The largest absolute Gasteiger partial charge is 0.493 e. The molecule has 1 aliphatic rings. The zero-order chi connectivity index (χ0) is 23.2. The van der Waals surface area contributed by atoms with Gasteiger partial charge in [-0.3, -0.25) is 19.5 Å². The molecule has 0 atom stereocenters. The molecule has 0 saturated carbocycles. The van der Waals surface area contributed by atoms with Crippen LogP contribution in [0.3, 0.4) is 0 Å². The van der Waals surface area contributed by atoms with E-state index in [4.69, 9.17) is 4.74 Å². The number of aromatic nitrogens is 1. The molecule has 0 N–H and O–H groups in total. The predicted octanol–water partition coefficient (Wildman–Crippen LogP) is 5.33. The third-order valence-corrected chi connectivity index (χ3v) is 6.29. The summed E-state index contributed by atoms with van der Waals surface area (Å²) in [4.78, 5) is 32.7. The quantitative estimate of drug-likeness (QED) is 0.406. The number of imide groups is 1. The molecule has 0 saturated heterocycles. The fourth-order valence-electron chi connectivity index (χ4n) is 3.47. The van der Waals surface area contributed by atoms with E-state index in [1.54, 1.807) is 18.5 Å². The minimum atomic E-state index is -0.282. The van der Waals surface area contributed by atoms with Crippen molar-refractivity contribution >= 4 is 29.1 Å². The van der Waals surface area contributed by atoms with Crippen LogP contribution in [0.2, 0.25) is 0 Å². The fourth-order valence-corrected chi connectivity index (χ4v) is 4.56. The van der Waals surface area contributed by atoms with Crippen LogP contribution >= 0.6 is 11.8 Å². The van der Waals surface area contributed by atoms with Gasteiger partial charge in [-0.2, -0.15) is 0 Å². The lowest BCUT2D eigenvalue weighted by molar-refractivity contribution is -0.137. The van der Waals surface area contributed by atoms with Gasteiger partial charge in [0.2, 0.25) is 0 Å². The molecule has 0 fully saturated rings. The first kappa shape index (κ1) is 22.8. The number of pyridine rings is 1. The lowest BCUT2D eigenvalue weighted by Gasteiger charge is -2.15. The standard InChI is InChI=1S/C27H26N2O3S/c1-19(2)17-32-23-12-10-22(11-13-23)24-25(33-18-20-7-4-3-5-8-20)27(31)29(26(24)30)16-21-9-6-14-28-15-21/h3-15,19H,16-18H2,1-2H3. The number of benzene rings is 2. The summed E-state index contributed by atoms with van der Waals surface area (Å²) in [6, 6.07) is 21.0. The van der Waals surface area contributed by atoms with E-state index in [2.05, 4.69) is 18.8 Å². The van der Waals surface area contributed by atoms with E-state index in [9.17, 15) is 9.59 Å². The van der Waals surface area contributed by atoms with Gasteiger partial charge in [0.1, 0.15) is 5.75 Å². The molecule has 0 unspecified atom stereocenters. The van der Waals surface area contributed by atoms with Crippen molar-refractivity contribution in [3.05, 3.63) is 101 Å². The number of amides is 2. The number of thioether (sulfide) groups is 1. The number of carbonyl (C=O) groups excluding carboxylic acids is 2. The van der Waals surface area contributed by atoms with E-state index in [1.807, 2.05) is 60.7 Å². The van der Waals surface area contributed by atoms with Crippen LogP contribution in [0.1, 0.15) is 30.5 Å². The van der Waals surface area contributed by atoms with Crippen LogP contribution in [-0.4, -0.2) is 28.3 Å². The summed E-state index contributed by atoms with van der Waals surface area (Å²) in [5.74, 6) is 1.23. The minimum absolute atomic E-state index is 0.194. The molecule has 0 bridgehead atoms. The molecule has 2 amide bonds. The normalized spacial score (nSPS) is 13.8. The molecule has 6 heteroatoms. The van der Waals surface area contributed by atoms with Crippen molar-refractivity contribution in [1.82, 2.24) is 9.88 Å². The van der Waals surface area contributed by atoms with E-state index in [0.29, 0.717) is 28.8 Å². The molecule has 5 nitrogen and oxygen atoms in total.